The summed E-state index contributed by atoms with van der Waals surface area (Å²) in [6, 6.07) is 7.89. The highest BCUT2D eigenvalue weighted by Gasteiger charge is 2.58. The van der Waals surface area contributed by atoms with Crippen LogP contribution in [0.2, 0.25) is 0 Å². The minimum Gasteiger partial charge on any atom is -0.361 e. The van der Waals surface area contributed by atoms with E-state index in [1.165, 1.54) is 0 Å². The number of hydrogen-bond donors (Lipinski definition) is 0. The largest absolute Gasteiger partial charge is 0.361 e. The molecule has 0 bridgehead atoms. The van der Waals surface area contributed by atoms with Gasteiger partial charge in [0.05, 0.1) is 0 Å². The predicted molar refractivity (Wildman–Crippen MR) is 51.1 cm³/mol. The first-order valence-electron chi connectivity index (χ1n) is 4.63. The van der Waals surface area contributed by atoms with E-state index in [9.17, 15) is 4.79 Å². The highest BCUT2D eigenvalue weighted by molar-refractivity contribution is 6.15. The average molecular weight is 173 g/mol. The van der Waals surface area contributed by atoms with Crippen LogP contribution in [0.1, 0.15) is 23.2 Å². The quantitative estimate of drug-likeness (QED) is 0.596. The van der Waals surface area contributed by atoms with Crippen LogP contribution in [0, 0.1) is 0 Å². The Hall–Kier alpha value is -1.31. The SMILES string of the molecule is CN1c2ccccc2C(=O)C12CC2. The number of nitrogens with zero attached hydrogens (tertiary/aromatic N) is 1. The average Bonchev–Trinajstić information content (AvgIpc) is 2.93. The van der Waals surface area contributed by atoms with E-state index in [1.807, 2.05) is 31.3 Å². The summed E-state index contributed by atoms with van der Waals surface area (Å²) in [4.78, 5) is 14.1. The number of likely N-dealkylation sites (N-methyl/N-ethyl adjacent to an activating group) is 1. The Morgan fingerprint density at radius 1 is 1.31 bits per heavy atom. The lowest BCUT2D eigenvalue weighted by Gasteiger charge is -2.19. The normalized spacial score (nSPS) is 22.2. The molecule has 1 saturated carbocycles. The van der Waals surface area contributed by atoms with Crippen molar-refractivity contribution in [1.82, 2.24) is 0 Å². The molecule has 0 radical (unpaired) electrons. The number of benzene rings is 1. The molecule has 0 N–H and O–H groups in total. The summed E-state index contributed by atoms with van der Waals surface area (Å²) in [7, 11) is 2.02. The Labute approximate surface area is 77.2 Å². The molecule has 1 aromatic rings. The number of carbonyl (C=O) groups is 1. The van der Waals surface area contributed by atoms with Crippen molar-refractivity contribution in [2.24, 2.45) is 0 Å². The summed E-state index contributed by atoms with van der Waals surface area (Å²) in [6.07, 6.45) is 2.05. The Kier molecular flexibility index (Phi) is 1.07. The van der Waals surface area contributed by atoms with Crippen LogP contribution in [0.4, 0.5) is 5.69 Å². The lowest BCUT2D eigenvalue weighted by Crippen LogP contribution is -2.33. The molecule has 0 amide bonds. The number of anilines is 1. The zero-order chi connectivity index (χ0) is 9.05. The molecule has 1 aromatic carbocycles. The third-order valence-corrected chi connectivity index (χ3v) is 3.30. The third-order valence-electron chi connectivity index (χ3n) is 3.30. The molecule has 0 aromatic heterocycles. The van der Waals surface area contributed by atoms with Gasteiger partial charge in [0.25, 0.3) is 0 Å². The summed E-state index contributed by atoms with van der Waals surface area (Å²) < 4.78 is 0. The number of ketones is 1. The van der Waals surface area contributed by atoms with Crippen LogP contribution >= 0.6 is 0 Å². The molecule has 1 aliphatic carbocycles. The molecule has 1 spiro atoms. The van der Waals surface area contributed by atoms with Gasteiger partial charge in [0.1, 0.15) is 5.54 Å². The van der Waals surface area contributed by atoms with Crippen molar-refractivity contribution in [2.75, 3.05) is 11.9 Å². The van der Waals surface area contributed by atoms with Crippen molar-refractivity contribution in [3.05, 3.63) is 29.8 Å². The lowest BCUT2D eigenvalue weighted by atomic mass is 10.1. The van der Waals surface area contributed by atoms with Crippen LogP contribution in [0.3, 0.4) is 0 Å². The number of para-hydroxylation sites is 1. The van der Waals surface area contributed by atoms with E-state index in [2.05, 4.69) is 4.90 Å². The maximum absolute atomic E-state index is 11.9. The van der Waals surface area contributed by atoms with Crippen molar-refractivity contribution >= 4 is 11.5 Å². The standard InChI is InChI=1S/C11H11NO/c1-12-9-5-3-2-4-8(9)10(13)11(12)6-7-11/h2-5H,6-7H2,1H3. The van der Waals surface area contributed by atoms with E-state index in [0.29, 0.717) is 5.78 Å². The van der Waals surface area contributed by atoms with Gasteiger partial charge in [-0.3, -0.25) is 4.79 Å². The van der Waals surface area contributed by atoms with Crippen LogP contribution in [0.25, 0.3) is 0 Å². The van der Waals surface area contributed by atoms with Crippen LogP contribution in [-0.2, 0) is 0 Å². The first-order chi connectivity index (χ1) is 6.26. The van der Waals surface area contributed by atoms with E-state index in [0.717, 1.165) is 24.1 Å². The van der Waals surface area contributed by atoms with Gasteiger partial charge in [0, 0.05) is 18.3 Å². The third kappa shape index (κ3) is 0.671. The van der Waals surface area contributed by atoms with Gasteiger partial charge in [-0.05, 0) is 25.0 Å². The van der Waals surface area contributed by atoms with Crippen molar-refractivity contribution < 1.29 is 4.79 Å². The molecule has 2 heteroatoms. The molecule has 66 valence electrons. The summed E-state index contributed by atoms with van der Waals surface area (Å²) >= 11 is 0. The number of carbonyl (C=O) groups excluding carboxylic acids is 1. The van der Waals surface area contributed by atoms with Gasteiger partial charge in [0.15, 0.2) is 5.78 Å². The fourth-order valence-electron chi connectivity index (χ4n) is 2.27. The zero-order valence-electron chi connectivity index (χ0n) is 7.58. The molecule has 13 heavy (non-hydrogen) atoms. The summed E-state index contributed by atoms with van der Waals surface area (Å²) in [5.41, 5.74) is 1.87. The van der Waals surface area contributed by atoms with Crippen molar-refractivity contribution in [3.63, 3.8) is 0 Å². The summed E-state index contributed by atoms with van der Waals surface area (Å²) in [5, 5.41) is 0. The second kappa shape index (κ2) is 1.95. The Bertz CT molecular complexity index is 393. The van der Waals surface area contributed by atoms with E-state index >= 15 is 0 Å². The van der Waals surface area contributed by atoms with Crippen molar-refractivity contribution in [1.29, 1.82) is 0 Å². The van der Waals surface area contributed by atoms with Crippen molar-refractivity contribution in [3.8, 4) is 0 Å². The fourth-order valence-corrected chi connectivity index (χ4v) is 2.27. The number of Topliss-reactive ketones (excluding diaryl/α,β-unsaturated/α-hetero) is 1. The summed E-state index contributed by atoms with van der Waals surface area (Å²) in [6.45, 7) is 0. The van der Waals surface area contributed by atoms with Gasteiger partial charge < -0.3 is 4.90 Å². The number of rotatable bonds is 0. The van der Waals surface area contributed by atoms with Gasteiger partial charge in [-0.2, -0.15) is 0 Å². The highest BCUT2D eigenvalue weighted by atomic mass is 16.1. The van der Waals surface area contributed by atoms with E-state index in [-0.39, 0.29) is 5.54 Å². The van der Waals surface area contributed by atoms with Crippen LogP contribution < -0.4 is 4.90 Å². The van der Waals surface area contributed by atoms with E-state index in [4.69, 9.17) is 0 Å². The van der Waals surface area contributed by atoms with Crippen LogP contribution in [0.5, 0.6) is 0 Å². The van der Waals surface area contributed by atoms with Gasteiger partial charge >= 0.3 is 0 Å². The van der Waals surface area contributed by atoms with Crippen molar-refractivity contribution in [2.45, 2.75) is 18.4 Å². The Morgan fingerprint density at radius 2 is 2.00 bits per heavy atom. The van der Waals surface area contributed by atoms with Crippen LogP contribution in [0.15, 0.2) is 24.3 Å². The van der Waals surface area contributed by atoms with E-state index < -0.39 is 0 Å². The number of fused-ring (bicyclic) bond motifs is 1. The minimum atomic E-state index is -0.135. The maximum atomic E-state index is 11.9. The highest BCUT2D eigenvalue weighted by Crippen LogP contribution is 2.51. The second-order valence-electron chi connectivity index (χ2n) is 3.94. The molecule has 1 heterocycles. The zero-order valence-corrected chi connectivity index (χ0v) is 7.58. The van der Waals surface area contributed by atoms with Gasteiger partial charge in [0.2, 0.25) is 0 Å². The first kappa shape index (κ1) is 7.13. The molecular formula is C11H11NO. The Balaban J connectivity index is 2.24. The molecule has 1 fully saturated rings. The van der Waals surface area contributed by atoms with Gasteiger partial charge in [-0.1, -0.05) is 12.1 Å². The number of hydrogen-bond acceptors (Lipinski definition) is 2. The molecule has 2 nitrogen and oxygen atoms in total. The molecule has 1 aliphatic heterocycles. The van der Waals surface area contributed by atoms with Gasteiger partial charge in [-0.25, -0.2) is 0 Å². The fraction of sp³-hybridized carbons (Fsp3) is 0.364. The maximum Gasteiger partial charge on any atom is 0.190 e. The molecule has 2 aliphatic rings. The smallest absolute Gasteiger partial charge is 0.190 e. The van der Waals surface area contributed by atoms with E-state index in [1.54, 1.807) is 0 Å². The van der Waals surface area contributed by atoms with Crippen LogP contribution in [-0.4, -0.2) is 18.4 Å². The minimum absolute atomic E-state index is 0.135. The molecule has 0 saturated heterocycles. The topological polar surface area (TPSA) is 20.3 Å². The van der Waals surface area contributed by atoms with Gasteiger partial charge in [-0.15, -0.1) is 0 Å². The molecular weight excluding hydrogens is 162 g/mol. The molecule has 0 unspecified atom stereocenters. The predicted octanol–water partition coefficient (Wildman–Crippen LogP) is 1.85. The Morgan fingerprint density at radius 3 is 2.62 bits per heavy atom. The molecule has 3 rings (SSSR count). The lowest BCUT2D eigenvalue weighted by molar-refractivity contribution is 0.0961. The monoisotopic (exact) mass is 173 g/mol. The first-order valence-corrected chi connectivity index (χ1v) is 4.63. The second-order valence-corrected chi connectivity index (χ2v) is 3.94. The molecule has 0 atom stereocenters. The summed E-state index contributed by atoms with van der Waals surface area (Å²) in [5.74, 6) is 0.325.